The Morgan fingerprint density at radius 1 is 1.07 bits per heavy atom. The molecule has 1 heterocycles. The molecular weight excluding hydrogens is 366 g/mol. The normalized spacial score (nSPS) is 14.0. The lowest BCUT2D eigenvalue weighted by molar-refractivity contribution is 0.102. The van der Waals surface area contributed by atoms with E-state index < -0.39 is 0 Å². The van der Waals surface area contributed by atoms with Gasteiger partial charge in [0.1, 0.15) is 18.0 Å². The molecule has 1 aliphatic heterocycles. The van der Waals surface area contributed by atoms with Crippen LogP contribution in [-0.4, -0.2) is 16.6 Å². The average Bonchev–Trinajstić information content (AvgIpc) is 3.03. The van der Waals surface area contributed by atoms with Crippen molar-refractivity contribution < 1.29 is 19.4 Å². The van der Waals surface area contributed by atoms with Gasteiger partial charge >= 0.3 is 0 Å². The zero-order valence-corrected chi connectivity index (χ0v) is 16.4. The summed E-state index contributed by atoms with van der Waals surface area (Å²) in [6, 6.07) is 19.8. The summed E-state index contributed by atoms with van der Waals surface area (Å²) in [6.07, 6.45) is 0.861. The lowest BCUT2D eigenvalue weighted by Gasteiger charge is -2.18. The molecule has 0 fully saturated rings. The molecule has 4 rings (SSSR count). The summed E-state index contributed by atoms with van der Waals surface area (Å²) >= 11 is 0. The van der Waals surface area contributed by atoms with Crippen molar-refractivity contribution in [3.8, 4) is 17.2 Å². The van der Waals surface area contributed by atoms with Gasteiger partial charge in [-0.1, -0.05) is 36.4 Å². The first-order chi connectivity index (χ1) is 13.9. The van der Waals surface area contributed by atoms with Crippen LogP contribution in [0.2, 0.25) is 0 Å². The van der Waals surface area contributed by atoms with E-state index in [1.165, 1.54) is 6.07 Å². The highest BCUT2D eigenvalue weighted by Gasteiger charge is 2.32. The smallest absolute Gasteiger partial charge is 0.255 e. The number of nitrogens with one attached hydrogen (secondary N) is 1. The summed E-state index contributed by atoms with van der Waals surface area (Å²) in [4.78, 5) is 12.4. The van der Waals surface area contributed by atoms with Gasteiger partial charge in [-0.05, 0) is 49.7 Å². The Hall–Kier alpha value is -3.47. The molecule has 0 spiro atoms. The molecule has 0 saturated heterocycles. The second kappa shape index (κ2) is 7.51. The van der Waals surface area contributed by atoms with Crippen molar-refractivity contribution in [1.82, 2.24) is 0 Å². The summed E-state index contributed by atoms with van der Waals surface area (Å²) < 4.78 is 12.0. The van der Waals surface area contributed by atoms with Gasteiger partial charge in [0.05, 0.1) is 5.69 Å². The van der Waals surface area contributed by atoms with Gasteiger partial charge < -0.3 is 19.9 Å². The molecular formula is C24H23NO4. The van der Waals surface area contributed by atoms with Gasteiger partial charge in [0.15, 0.2) is 11.5 Å². The van der Waals surface area contributed by atoms with Crippen molar-refractivity contribution >= 4 is 11.6 Å². The zero-order valence-electron chi connectivity index (χ0n) is 16.4. The maximum atomic E-state index is 12.4. The molecule has 0 bridgehead atoms. The van der Waals surface area contributed by atoms with Crippen LogP contribution in [0.5, 0.6) is 17.2 Å². The minimum absolute atomic E-state index is 0.0339. The van der Waals surface area contributed by atoms with Gasteiger partial charge in [0, 0.05) is 17.5 Å². The van der Waals surface area contributed by atoms with Gasteiger partial charge in [-0.2, -0.15) is 0 Å². The third-order valence-corrected chi connectivity index (χ3v) is 4.82. The number of carbonyl (C=O) groups excluding carboxylic acids is 1. The van der Waals surface area contributed by atoms with Gasteiger partial charge in [0.2, 0.25) is 0 Å². The van der Waals surface area contributed by atoms with Crippen molar-refractivity contribution in [2.45, 2.75) is 32.5 Å². The van der Waals surface area contributed by atoms with E-state index in [4.69, 9.17) is 9.47 Å². The van der Waals surface area contributed by atoms with Gasteiger partial charge in [-0.15, -0.1) is 0 Å². The van der Waals surface area contributed by atoms with E-state index in [-0.39, 0.29) is 17.3 Å². The minimum Gasteiger partial charge on any atom is -0.506 e. The number of rotatable bonds is 5. The molecule has 0 atom stereocenters. The van der Waals surface area contributed by atoms with E-state index in [0.29, 0.717) is 17.9 Å². The van der Waals surface area contributed by atoms with Gasteiger partial charge in [-0.3, -0.25) is 4.79 Å². The highest BCUT2D eigenvalue weighted by atomic mass is 16.5. The molecule has 0 aliphatic carbocycles. The molecule has 5 nitrogen and oxygen atoms in total. The van der Waals surface area contributed by atoms with Crippen LogP contribution in [0.4, 0.5) is 5.69 Å². The van der Waals surface area contributed by atoms with Crippen molar-refractivity contribution in [2.75, 3.05) is 5.32 Å². The summed E-state index contributed by atoms with van der Waals surface area (Å²) in [5.74, 6) is 1.30. The number of anilines is 1. The summed E-state index contributed by atoms with van der Waals surface area (Å²) in [7, 11) is 0. The number of benzene rings is 3. The summed E-state index contributed by atoms with van der Waals surface area (Å²) in [5, 5.41) is 12.5. The third kappa shape index (κ3) is 4.19. The maximum Gasteiger partial charge on any atom is 0.255 e. The Morgan fingerprint density at radius 2 is 1.83 bits per heavy atom. The standard InChI is InChI=1S/C24H23NO4/c1-24(2)14-18-6-5-9-21(22(18)29-24)28-15-16-10-12-17(13-11-16)23(27)25-19-7-3-4-8-20(19)26/h3-13,26H,14-15H2,1-2H3,(H,25,27). The van der Waals surface area contributed by atoms with Crippen LogP contribution in [0.25, 0.3) is 0 Å². The maximum absolute atomic E-state index is 12.4. The number of aromatic hydroxyl groups is 1. The molecule has 1 aliphatic rings. The van der Waals surface area contributed by atoms with Crippen molar-refractivity contribution in [3.63, 3.8) is 0 Å². The number of ether oxygens (including phenoxy) is 2. The van der Waals surface area contributed by atoms with E-state index in [2.05, 4.69) is 25.2 Å². The number of phenolic OH excluding ortho intramolecular Hbond substituents is 1. The Labute approximate surface area is 169 Å². The molecule has 148 valence electrons. The minimum atomic E-state index is -0.282. The molecule has 29 heavy (non-hydrogen) atoms. The number of phenols is 1. The van der Waals surface area contributed by atoms with Gasteiger partial charge in [0.25, 0.3) is 5.91 Å². The average molecular weight is 389 g/mol. The van der Waals surface area contributed by atoms with Crippen molar-refractivity contribution in [1.29, 1.82) is 0 Å². The van der Waals surface area contributed by atoms with Crippen LogP contribution >= 0.6 is 0 Å². The van der Waals surface area contributed by atoms with E-state index in [1.807, 2.05) is 24.3 Å². The number of hydrogen-bond donors (Lipinski definition) is 2. The third-order valence-electron chi connectivity index (χ3n) is 4.82. The number of fused-ring (bicyclic) bond motifs is 1. The topological polar surface area (TPSA) is 67.8 Å². The molecule has 1 amide bonds. The first-order valence-electron chi connectivity index (χ1n) is 9.53. The fourth-order valence-electron chi connectivity index (χ4n) is 3.39. The molecule has 0 saturated carbocycles. The number of amides is 1. The quantitative estimate of drug-likeness (QED) is 0.607. The lowest BCUT2D eigenvalue weighted by atomic mass is 10.0. The second-order valence-corrected chi connectivity index (χ2v) is 7.74. The zero-order chi connectivity index (χ0) is 20.4. The lowest BCUT2D eigenvalue weighted by Crippen LogP contribution is -2.24. The molecule has 0 unspecified atom stereocenters. The number of carbonyl (C=O) groups is 1. The van der Waals surface area contributed by atoms with E-state index >= 15 is 0 Å². The van der Waals surface area contributed by atoms with Crippen molar-refractivity contribution in [3.05, 3.63) is 83.4 Å². The molecule has 2 N–H and O–H groups in total. The Kier molecular flexibility index (Phi) is 4.89. The van der Waals surface area contributed by atoms with Crippen molar-refractivity contribution in [2.24, 2.45) is 0 Å². The second-order valence-electron chi connectivity index (χ2n) is 7.74. The van der Waals surface area contributed by atoms with Crippen LogP contribution < -0.4 is 14.8 Å². The van der Waals surface area contributed by atoms with Crippen LogP contribution in [-0.2, 0) is 13.0 Å². The summed E-state index contributed by atoms with van der Waals surface area (Å²) in [5.41, 5.74) is 2.76. The van der Waals surface area contributed by atoms with Crippen LogP contribution in [0, 0.1) is 0 Å². The molecule has 3 aromatic carbocycles. The Bertz CT molecular complexity index is 1040. The number of hydrogen-bond acceptors (Lipinski definition) is 4. The predicted molar refractivity (Wildman–Crippen MR) is 112 cm³/mol. The van der Waals surface area contributed by atoms with Crippen LogP contribution in [0.15, 0.2) is 66.7 Å². The number of para-hydroxylation sites is 3. The highest BCUT2D eigenvalue weighted by molar-refractivity contribution is 6.04. The summed E-state index contributed by atoms with van der Waals surface area (Å²) in [6.45, 7) is 4.51. The predicted octanol–water partition coefficient (Wildman–Crippen LogP) is 4.94. The molecule has 3 aromatic rings. The fraction of sp³-hybridized carbons (Fsp3) is 0.208. The SMILES string of the molecule is CC1(C)Cc2cccc(OCc3ccc(C(=O)Nc4ccccc4O)cc3)c2O1. The first-order valence-corrected chi connectivity index (χ1v) is 9.53. The first kappa shape index (κ1) is 18.9. The molecule has 0 aromatic heterocycles. The monoisotopic (exact) mass is 389 g/mol. The van der Waals surface area contributed by atoms with Crippen LogP contribution in [0.3, 0.4) is 0 Å². The van der Waals surface area contributed by atoms with E-state index in [0.717, 1.165) is 29.0 Å². The Balaban J connectivity index is 1.40. The highest BCUT2D eigenvalue weighted by Crippen LogP contribution is 2.41. The van der Waals surface area contributed by atoms with Crippen LogP contribution in [0.1, 0.15) is 35.3 Å². The van der Waals surface area contributed by atoms with E-state index in [9.17, 15) is 9.90 Å². The molecule has 0 radical (unpaired) electrons. The molecule has 5 heteroatoms. The Morgan fingerprint density at radius 3 is 2.59 bits per heavy atom. The fourth-order valence-corrected chi connectivity index (χ4v) is 3.39. The largest absolute Gasteiger partial charge is 0.506 e. The van der Waals surface area contributed by atoms with E-state index in [1.54, 1.807) is 30.3 Å². The van der Waals surface area contributed by atoms with Gasteiger partial charge in [-0.25, -0.2) is 0 Å².